The predicted molar refractivity (Wildman–Crippen MR) is 110 cm³/mol. The third-order valence-electron chi connectivity index (χ3n) is 5.19. The molecule has 0 saturated carbocycles. The van der Waals surface area contributed by atoms with Crippen LogP contribution in [0.5, 0.6) is 5.75 Å². The van der Waals surface area contributed by atoms with Gasteiger partial charge in [0.1, 0.15) is 10.6 Å². The van der Waals surface area contributed by atoms with Crippen LogP contribution in [0.15, 0.2) is 48.0 Å². The first-order chi connectivity index (χ1) is 13.7. The molecule has 28 heavy (non-hydrogen) atoms. The number of hydrogen-bond acceptors (Lipinski definition) is 5. The Morgan fingerprint density at radius 2 is 2.11 bits per heavy atom. The van der Waals surface area contributed by atoms with Gasteiger partial charge in [0.15, 0.2) is 0 Å². The lowest BCUT2D eigenvalue weighted by Gasteiger charge is -2.24. The molecule has 0 aliphatic carbocycles. The smallest absolute Gasteiger partial charge is 0.266 e. The zero-order chi connectivity index (χ0) is 19.5. The summed E-state index contributed by atoms with van der Waals surface area (Å²) in [5, 5.41) is 0. The SMILES string of the molecule is COc1ccccc1Cc1cccc([C@@H]2CCCN2C(=O)c2scnc2C)n1. The van der Waals surface area contributed by atoms with E-state index in [1.165, 1.54) is 11.3 Å². The molecule has 4 rings (SSSR count). The first-order valence-corrected chi connectivity index (χ1v) is 10.3. The Bertz CT molecular complexity index is 985. The summed E-state index contributed by atoms with van der Waals surface area (Å²) in [5.74, 6) is 0.937. The minimum absolute atomic E-state index is 0.0200. The largest absolute Gasteiger partial charge is 0.496 e. The first kappa shape index (κ1) is 18.6. The van der Waals surface area contributed by atoms with E-state index in [2.05, 4.69) is 11.1 Å². The molecule has 1 amide bonds. The molecule has 6 heteroatoms. The van der Waals surface area contributed by atoms with Crippen molar-refractivity contribution in [2.45, 2.75) is 32.2 Å². The Hall–Kier alpha value is -2.73. The zero-order valence-corrected chi connectivity index (χ0v) is 16.9. The van der Waals surface area contributed by atoms with Crippen molar-refractivity contribution >= 4 is 17.2 Å². The van der Waals surface area contributed by atoms with E-state index in [-0.39, 0.29) is 11.9 Å². The number of benzene rings is 1. The molecule has 0 bridgehead atoms. The molecule has 0 N–H and O–H groups in total. The number of rotatable bonds is 5. The fourth-order valence-corrected chi connectivity index (χ4v) is 4.54. The van der Waals surface area contributed by atoms with Gasteiger partial charge in [-0.05, 0) is 38.0 Å². The van der Waals surface area contributed by atoms with E-state index in [4.69, 9.17) is 9.72 Å². The van der Waals surface area contributed by atoms with E-state index in [0.29, 0.717) is 6.42 Å². The van der Waals surface area contributed by atoms with Crippen molar-refractivity contribution in [1.82, 2.24) is 14.9 Å². The Labute approximate surface area is 169 Å². The lowest BCUT2D eigenvalue weighted by atomic mass is 10.1. The van der Waals surface area contributed by atoms with Gasteiger partial charge < -0.3 is 9.64 Å². The summed E-state index contributed by atoms with van der Waals surface area (Å²) >= 11 is 1.41. The number of amides is 1. The van der Waals surface area contributed by atoms with Crippen LogP contribution in [-0.4, -0.2) is 34.4 Å². The van der Waals surface area contributed by atoms with Crippen LogP contribution < -0.4 is 4.74 Å². The molecule has 1 saturated heterocycles. The molecular weight excluding hydrogens is 370 g/mol. The molecule has 144 valence electrons. The summed E-state index contributed by atoms with van der Waals surface area (Å²) in [6.45, 7) is 2.65. The summed E-state index contributed by atoms with van der Waals surface area (Å²) in [7, 11) is 1.69. The van der Waals surface area contributed by atoms with Crippen molar-refractivity contribution < 1.29 is 9.53 Å². The second-order valence-electron chi connectivity index (χ2n) is 6.97. The minimum Gasteiger partial charge on any atom is -0.496 e. The van der Waals surface area contributed by atoms with Crippen LogP contribution in [0, 0.1) is 6.92 Å². The highest BCUT2D eigenvalue weighted by Gasteiger charge is 2.33. The van der Waals surface area contributed by atoms with Crippen LogP contribution in [0.1, 0.15) is 51.2 Å². The Balaban J connectivity index is 1.58. The van der Waals surface area contributed by atoms with E-state index in [1.54, 1.807) is 12.6 Å². The maximum absolute atomic E-state index is 13.0. The van der Waals surface area contributed by atoms with Crippen molar-refractivity contribution in [1.29, 1.82) is 0 Å². The van der Waals surface area contributed by atoms with Gasteiger partial charge >= 0.3 is 0 Å². The Morgan fingerprint density at radius 1 is 1.25 bits per heavy atom. The molecule has 1 aliphatic heterocycles. The van der Waals surface area contributed by atoms with Gasteiger partial charge in [-0.15, -0.1) is 11.3 Å². The quantitative estimate of drug-likeness (QED) is 0.644. The Kier molecular flexibility index (Phi) is 5.39. The molecule has 1 aliphatic rings. The van der Waals surface area contributed by atoms with Crippen LogP contribution in [0.25, 0.3) is 0 Å². The van der Waals surface area contributed by atoms with Gasteiger partial charge in [0.25, 0.3) is 5.91 Å². The third kappa shape index (κ3) is 3.64. The lowest BCUT2D eigenvalue weighted by molar-refractivity contribution is 0.0736. The average molecular weight is 394 g/mol. The summed E-state index contributed by atoms with van der Waals surface area (Å²) in [6.07, 6.45) is 2.63. The van der Waals surface area contributed by atoms with E-state index in [0.717, 1.165) is 52.7 Å². The summed E-state index contributed by atoms with van der Waals surface area (Å²) < 4.78 is 5.46. The maximum Gasteiger partial charge on any atom is 0.266 e. The normalized spacial score (nSPS) is 16.4. The molecule has 1 aromatic carbocycles. The van der Waals surface area contributed by atoms with Gasteiger partial charge in [-0.1, -0.05) is 24.3 Å². The van der Waals surface area contributed by atoms with Crippen molar-refractivity contribution in [3.63, 3.8) is 0 Å². The van der Waals surface area contributed by atoms with Gasteiger partial charge in [-0.3, -0.25) is 9.78 Å². The van der Waals surface area contributed by atoms with Crippen molar-refractivity contribution in [3.8, 4) is 5.75 Å². The number of carbonyl (C=O) groups is 1. The second kappa shape index (κ2) is 8.10. The maximum atomic E-state index is 13.0. The summed E-state index contributed by atoms with van der Waals surface area (Å²) in [6, 6.07) is 14.1. The van der Waals surface area contributed by atoms with Crippen molar-refractivity contribution in [2.75, 3.05) is 13.7 Å². The van der Waals surface area contributed by atoms with Crippen LogP contribution >= 0.6 is 11.3 Å². The highest BCUT2D eigenvalue weighted by Crippen LogP contribution is 2.33. The predicted octanol–water partition coefficient (Wildman–Crippen LogP) is 4.42. The average Bonchev–Trinajstić information content (AvgIpc) is 3.37. The molecule has 1 atom stereocenters. The molecule has 0 unspecified atom stereocenters. The zero-order valence-electron chi connectivity index (χ0n) is 16.1. The van der Waals surface area contributed by atoms with Crippen LogP contribution in [-0.2, 0) is 6.42 Å². The third-order valence-corrected chi connectivity index (χ3v) is 6.10. The highest BCUT2D eigenvalue weighted by atomic mass is 32.1. The molecule has 3 aromatic rings. The fourth-order valence-electron chi connectivity index (χ4n) is 3.78. The van der Waals surface area contributed by atoms with Gasteiger partial charge in [0.05, 0.1) is 30.1 Å². The van der Waals surface area contributed by atoms with Crippen LogP contribution in [0.2, 0.25) is 0 Å². The number of carbonyl (C=O) groups excluding carboxylic acids is 1. The van der Waals surface area contributed by atoms with E-state index >= 15 is 0 Å². The number of likely N-dealkylation sites (tertiary alicyclic amines) is 1. The highest BCUT2D eigenvalue weighted by molar-refractivity contribution is 7.11. The minimum atomic E-state index is 0.0200. The number of methoxy groups -OCH3 is 1. The first-order valence-electron chi connectivity index (χ1n) is 9.46. The summed E-state index contributed by atoms with van der Waals surface area (Å²) in [5.41, 5.74) is 5.59. The second-order valence-corrected chi connectivity index (χ2v) is 7.82. The number of hydrogen-bond donors (Lipinski definition) is 0. The number of aryl methyl sites for hydroxylation is 1. The molecular formula is C22H23N3O2S. The van der Waals surface area contributed by atoms with Gasteiger partial charge in [-0.2, -0.15) is 0 Å². The molecule has 0 radical (unpaired) electrons. The Morgan fingerprint density at radius 3 is 2.89 bits per heavy atom. The van der Waals surface area contributed by atoms with Gasteiger partial charge in [-0.25, -0.2) is 4.98 Å². The van der Waals surface area contributed by atoms with Crippen LogP contribution in [0.4, 0.5) is 0 Å². The van der Waals surface area contributed by atoms with E-state index in [1.807, 2.05) is 48.2 Å². The topological polar surface area (TPSA) is 55.3 Å². The van der Waals surface area contributed by atoms with E-state index < -0.39 is 0 Å². The molecule has 0 spiro atoms. The van der Waals surface area contributed by atoms with Gasteiger partial charge in [0.2, 0.25) is 0 Å². The lowest BCUT2D eigenvalue weighted by Crippen LogP contribution is -2.31. The standard InChI is InChI=1S/C22H23N3O2S/c1-15-21(28-14-23-15)22(26)25-12-6-10-19(25)18-9-5-8-17(24-18)13-16-7-3-4-11-20(16)27-2/h3-5,7-9,11,14,19H,6,10,12-13H2,1-2H3/t19-/m0/s1. The molecule has 5 nitrogen and oxygen atoms in total. The van der Waals surface area contributed by atoms with Crippen LogP contribution in [0.3, 0.4) is 0 Å². The number of ether oxygens (including phenoxy) is 1. The number of pyridine rings is 1. The number of aromatic nitrogens is 2. The van der Waals surface area contributed by atoms with Crippen molar-refractivity contribution in [2.24, 2.45) is 0 Å². The number of nitrogens with zero attached hydrogens (tertiary/aromatic N) is 3. The van der Waals surface area contributed by atoms with Crippen molar-refractivity contribution in [3.05, 3.63) is 75.5 Å². The van der Waals surface area contributed by atoms with Gasteiger partial charge in [0, 0.05) is 24.2 Å². The summed E-state index contributed by atoms with van der Waals surface area (Å²) in [4.78, 5) is 24.8. The fraction of sp³-hybridized carbons (Fsp3) is 0.318. The molecule has 1 fully saturated rings. The number of para-hydroxylation sites is 1. The van der Waals surface area contributed by atoms with E-state index in [9.17, 15) is 4.79 Å². The number of thiazole rings is 1. The monoisotopic (exact) mass is 393 g/mol. The molecule has 2 aromatic heterocycles. The molecule has 3 heterocycles.